The largest absolute Gasteiger partial charge is 0.488 e. The van der Waals surface area contributed by atoms with Crippen LogP contribution in [0.1, 0.15) is 18.4 Å². The predicted molar refractivity (Wildman–Crippen MR) is 72.9 cm³/mol. The third-order valence-corrected chi connectivity index (χ3v) is 4.77. The van der Waals surface area contributed by atoms with Gasteiger partial charge in [-0.3, -0.25) is 0 Å². The van der Waals surface area contributed by atoms with Gasteiger partial charge in [0.05, 0.1) is 0 Å². The Balaban J connectivity index is 1.51. The lowest BCUT2D eigenvalue weighted by Crippen LogP contribution is -2.40. The van der Waals surface area contributed by atoms with Gasteiger partial charge in [0.15, 0.2) is 0 Å². The number of benzene rings is 1. The van der Waals surface area contributed by atoms with Gasteiger partial charge in [0.25, 0.3) is 0 Å². The maximum absolute atomic E-state index is 13.1. The van der Waals surface area contributed by atoms with E-state index in [1.165, 1.54) is 30.4 Å². The van der Waals surface area contributed by atoms with Gasteiger partial charge in [0, 0.05) is 30.3 Å². The van der Waals surface area contributed by atoms with E-state index in [-0.39, 0.29) is 11.9 Å². The van der Waals surface area contributed by atoms with E-state index in [9.17, 15) is 4.39 Å². The smallest absolute Gasteiger partial charge is 0.123 e. The van der Waals surface area contributed by atoms with Gasteiger partial charge in [-0.25, -0.2) is 4.39 Å². The lowest BCUT2D eigenvalue weighted by Gasteiger charge is -2.24. The molecule has 2 nitrogen and oxygen atoms in total. The number of fused-ring (bicyclic) bond motifs is 1. The molecule has 0 saturated carbocycles. The maximum atomic E-state index is 13.1. The highest BCUT2D eigenvalue weighted by Crippen LogP contribution is 2.29. The van der Waals surface area contributed by atoms with Crippen molar-refractivity contribution in [1.29, 1.82) is 0 Å². The first-order valence-corrected chi connectivity index (χ1v) is 7.73. The van der Waals surface area contributed by atoms with Crippen molar-refractivity contribution in [2.24, 2.45) is 0 Å². The zero-order valence-corrected chi connectivity index (χ0v) is 11.1. The number of halogens is 1. The Kier molecular flexibility index (Phi) is 3.75. The first-order valence-electron chi connectivity index (χ1n) is 6.57. The van der Waals surface area contributed by atoms with E-state index in [0.29, 0.717) is 6.04 Å². The fourth-order valence-corrected chi connectivity index (χ4v) is 3.71. The fourth-order valence-electron chi connectivity index (χ4n) is 2.60. The van der Waals surface area contributed by atoms with Crippen LogP contribution >= 0.6 is 11.8 Å². The summed E-state index contributed by atoms with van der Waals surface area (Å²) in [4.78, 5) is 0. The van der Waals surface area contributed by atoms with E-state index in [1.54, 1.807) is 12.1 Å². The van der Waals surface area contributed by atoms with Crippen molar-refractivity contribution in [3.8, 4) is 5.75 Å². The Hall–Kier alpha value is -0.740. The number of thioether (sulfide) groups is 1. The van der Waals surface area contributed by atoms with Crippen molar-refractivity contribution < 1.29 is 9.13 Å². The Bertz CT molecular complexity index is 420. The number of hydrogen-bond donors (Lipinski definition) is 1. The second-order valence-corrected chi connectivity index (χ2v) is 6.17. The van der Waals surface area contributed by atoms with Crippen LogP contribution in [-0.4, -0.2) is 30.2 Å². The Labute approximate surface area is 111 Å². The van der Waals surface area contributed by atoms with Gasteiger partial charge in [-0.05, 0) is 36.8 Å². The predicted octanol–water partition coefficient (Wildman–Crippen LogP) is 2.61. The van der Waals surface area contributed by atoms with Crippen molar-refractivity contribution in [2.75, 3.05) is 18.1 Å². The van der Waals surface area contributed by atoms with E-state index in [4.69, 9.17) is 4.74 Å². The number of rotatable bonds is 3. The van der Waals surface area contributed by atoms with Crippen LogP contribution in [0, 0.1) is 5.82 Å². The molecule has 0 spiro atoms. The molecule has 0 aromatic heterocycles. The van der Waals surface area contributed by atoms with E-state index in [2.05, 4.69) is 5.32 Å². The van der Waals surface area contributed by atoms with E-state index >= 15 is 0 Å². The summed E-state index contributed by atoms with van der Waals surface area (Å²) in [5.74, 6) is 3.17. The summed E-state index contributed by atoms with van der Waals surface area (Å²) in [6, 6.07) is 5.41. The maximum Gasteiger partial charge on any atom is 0.123 e. The molecule has 1 fully saturated rings. The van der Waals surface area contributed by atoms with Crippen molar-refractivity contribution in [3.05, 3.63) is 29.6 Å². The monoisotopic (exact) mass is 267 g/mol. The minimum absolute atomic E-state index is 0.161. The van der Waals surface area contributed by atoms with Crippen molar-refractivity contribution in [1.82, 2.24) is 5.32 Å². The SMILES string of the molecule is Fc1ccc2c(c1)CC(CNC1CCCSC1)O2. The summed E-state index contributed by atoms with van der Waals surface area (Å²) in [6.45, 7) is 0.863. The molecule has 1 aromatic carbocycles. The molecule has 0 bridgehead atoms. The van der Waals surface area contributed by atoms with Crippen molar-refractivity contribution >= 4 is 11.8 Å². The fraction of sp³-hybridized carbons (Fsp3) is 0.571. The third kappa shape index (κ3) is 2.81. The molecule has 0 radical (unpaired) electrons. The Morgan fingerprint density at radius 2 is 2.39 bits per heavy atom. The van der Waals surface area contributed by atoms with Crippen LogP contribution in [0.5, 0.6) is 5.75 Å². The molecule has 1 N–H and O–H groups in total. The van der Waals surface area contributed by atoms with Gasteiger partial charge >= 0.3 is 0 Å². The minimum Gasteiger partial charge on any atom is -0.488 e. The molecule has 2 aliphatic rings. The van der Waals surface area contributed by atoms with Gasteiger partial charge in [-0.2, -0.15) is 11.8 Å². The molecule has 2 aliphatic heterocycles. The highest BCUT2D eigenvalue weighted by molar-refractivity contribution is 7.99. The Morgan fingerprint density at radius 1 is 1.44 bits per heavy atom. The molecule has 4 heteroatoms. The van der Waals surface area contributed by atoms with Crippen LogP contribution in [0.25, 0.3) is 0 Å². The average molecular weight is 267 g/mol. The summed E-state index contributed by atoms with van der Waals surface area (Å²) in [6.07, 6.45) is 3.55. The topological polar surface area (TPSA) is 21.3 Å². The van der Waals surface area contributed by atoms with Crippen LogP contribution in [0.3, 0.4) is 0 Å². The summed E-state index contributed by atoms with van der Waals surface area (Å²) >= 11 is 2.02. The van der Waals surface area contributed by atoms with E-state index in [0.717, 1.165) is 24.3 Å². The van der Waals surface area contributed by atoms with Crippen LogP contribution < -0.4 is 10.1 Å². The second kappa shape index (κ2) is 5.49. The first-order chi connectivity index (χ1) is 8.81. The van der Waals surface area contributed by atoms with Crippen LogP contribution in [0.15, 0.2) is 18.2 Å². The molecule has 2 heterocycles. The first kappa shape index (κ1) is 12.3. The molecule has 2 unspecified atom stereocenters. The average Bonchev–Trinajstić information content (AvgIpc) is 2.79. The summed E-state index contributed by atoms with van der Waals surface area (Å²) in [5, 5.41) is 3.57. The van der Waals surface area contributed by atoms with Gasteiger partial charge in [-0.1, -0.05) is 0 Å². The van der Waals surface area contributed by atoms with Crippen LogP contribution in [-0.2, 0) is 6.42 Å². The molecule has 2 atom stereocenters. The van der Waals surface area contributed by atoms with Crippen molar-refractivity contribution in [3.63, 3.8) is 0 Å². The quantitative estimate of drug-likeness (QED) is 0.909. The van der Waals surface area contributed by atoms with E-state index in [1.807, 2.05) is 11.8 Å². The highest BCUT2D eigenvalue weighted by Gasteiger charge is 2.24. The van der Waals surface area contributed by atoms with Crippen molar-refractivity contribution in [2.45, 2.75) is 31.4 Å². The molecule has 3 rings (SSSR count). The summed E-state index contributed by atoms with van der Waals surface area (Å²) in [5.41, 5.74) is 1.000. The minimum atomic E-state index is -0.172. The molecule has 0 amide bonds. The molecule has 1 saturated heterocycles. The number of hydrogen-bond acceptors (Lipinski definition) is 3. The third-order valence-electron chi connectivity index (χ3n) is 3.56. The van der Waals surface area contributed by atoms with Crippen LogP contribution in [0.4, 0.5) is 4.39 Å². The van der Waals surface area contributed by atoms with Crippen LogP contribution in [0.2, 0.25) is 0 Å². The van der Waals surface area contributed by atoms with Gasteiger partial charge in [0.2, 0.25) is 0 Å². The van der Waals surface area contributed by atoms with E-state index < -0.39 is 0 Å². The van der Waals surface area contributed by atoms with Gasteiger partial charge in [-0.15, -0.1) is 0 Å². The molecular formula is C14H18FNOS. The molecule has 18 heavy (non-hydrogen) atoms. The summed E-state index contributed by atoms with van der Waals surface area (Å²) in [7, 11) is 0. The lowest BCUT2D eigenvalue weighted by molar-refractivity contribution is 0.221. The molecular weight excluding hydrogens is 249 g/mol. The van der Waals surface area contributed by atoms with Gasteiger partial charge in [0.1, 0.15) is 17.7 Å². The number of nitrogens with one attached hydrogen (secondary N) is 1. The van der Waals surface area contributed by atoms with Gasteiger partial charge < -0.3 is 10.1 Å². The molecule has 1 aromatic rings. The highest BCUT2D eigenvalue weighted by atomic mass is 32.2. The second-order valence-electron chi connectivity index (χ2n) is 5.02. The molecule has 0 aliphatic carbocycles. The normalized spacial score (nSPS) is 26.7. The zero-order chi connectivity index (χ0) is 12.4. The zero-order valence-electron chi connectivity index (χ0n) is 10.3. The lowest BCUT2D eigenvalue weighted by atomic mass is 10.1. The molecule has 98 valence electrons. The summed E-state index contributed by atoms with van der Waals surface area (Å²) < 4.78 is 18.9. The standard InChI is InChI=1S/C14H18FNOS/c15-11-3-4-14-10(6-11)7-13(17-14)8-16-12-2-1-5-18-9-12/h3-4,6,12-13,16H,1-2,5,7-9H2. The number of ether oxygens (including phenoxy) is 1. The Morgan fingerprint density at radius 3 is 3.22 bits per heavy atom.